The lowest BCUT2D eigenvalue weighted by Gasteiger charge is -2.11. The lowest BCUT2D eigenvalue weighted by Crippen LogP contribution is -2.40. The molecule has 21 heavy (non-hydrogen) atoms. The van der Waals surface area contributed by atoms with Gasteiger partial charge in [0, 0.05) is 25.6 Å². The van der Waals surface area contributed by atoms with Gasteiger partial charge in [-0.05, 0) is 24.1 Å². The fraction of sp³-hybridized carbons (Fsp3) is 0.357. The summed E-state index contributed by atoms with van der Waals surface area (Å²) in [6.07, 6.45) is -0.0494. The Kier molecular flexibility index (Phi) is 6.35. The third kappa shape index (κ3) is 5.62. The third-order valence-electron chi connectivity index (χ3n) is 2.92. The zero-order valence-electron chi connectivity index (χ0n) is 11.8. The summed E-state index contributed by atoms with van der Waals surface area (Å²) in [6, 6.07) is 5.93. The summed E-state index contributed by atoms with van der Waals surface area (Å²) in [5, 5.41) is 13.7. The molecule has 0 fully saturated rings. The van der Waals surface area contributed by atoms with Gasteiger partial charge in [-0.2, -0.15) is 0 Å². The van der Waals surface area contributed by atoms with Crippen LogP contribution < -0.4 is 16.4 Å². The standard InChI is InChI=1S/C14H19N3O4/c1-16-13(20)10-4-2-9(3-5-10)8-17-14(21)11(15)6-7-12(18)19/h2-5,11H,6-8,15H2,1H3,(H,16,20)(H,17,21)(H,18,19). The Labute approximate surface area is 122 Å². The van der Waals surface area contributed by atoms with Crippen molar-refractivity contribution in [3.8, 4) is 0 Å². The molecule has 1 rings (SSSR count). The first kappa shape index (κ1) is 16.6. The van der Waals surface area contributed by atoms with Gasteiger partial charge in [-0.15, -0.1) is 0 Å². The van der Waals surface area contributed by atoms with Gasteiger partial charge in [-0.3, -0.25) is 14.4 Å². The van der Waals surface area contributed by atoms with Crippen molar-refractivity contribution in [1.29, 1.82) is 0 Å². The number of carbonyl (C=O) groups excluding carboxylic acids is 2. The van der Waals surface area contributed by atoms with E-state index in [9.17, 15) is 14.4 Å². The fourth-order valence-corrected chi connectivity index (χ4v) is 1.65. The molecule has 0 radical (unpaired) electrons. The number of hydrogen-bond donors (Lipinski definition) is 4. The molecule has 0 aliphatic heterocycles. The monoisotopic (exact) mass is 293 g/mol. The van der Waals surface area contributed by atoms with Crippen molar-refractivity contribution in [2.45, 2.75) is 25.4 Å². The highest BCUT2D eigenvalue weighted by molar-refractivity contribution is 5.93. The molecule has 0 aromatic heterocycles. The number of carbonyl (C=O) groups is 3. The Bertz CT molecular complexity index is 513. The van der Waals surface area contributed by atoms with Crippen LogP contribution in [-0.2, 0) is 16.1 Å². The number of benzene rings is 1. The van der Waals surface area contributed by atoms with E-state index in [1.54, 1.807) is 31.3 Å². The van der Waals surface area contributed by atoms with Crippen LogP contribution in [0.5, 0.6) is 0 Å². The van der Waals surface area contributed by atoms with Crippen LogP contribution in [0.4, 0.5) is 0 Å². The van der Waals surface area contributed by atoms with Gasteiger partial charge in [-0.1, -0.05) is 12.1 Å². The maximum absolute atomic E-state index is 11.7. The Hall–Kier alpha value is -2.41. The highest BCUT2D eigenvalue weighted by Gasteiger charge is 2.14. The van der Waals surface area contributed by atoms with E-state index in [4.69, 9.17) is 10.8 Å². The van der Waals surface area contributed by atoms with Crippen molar-refractivity contribution in [3.05, 3.63) is 35.4 Å². The highest BCUT2D eigenvalue weighted by Crippen LogP contribution is 2.04. The molecule has 0 spiro atoms. The second-order valence-electron chi connectivity index (χ2n) is 4.53. The third-order valence-corrected chi connectivity index (χ3v) is 2.92. The summed E-state index contributed by atoms with van der Waals surface area (Å²) in [4.78, 5) is 33.4. The minimum atomic E-state index is -0.983. The molecule has 1 atom stereocenters. The highest BCUT2D eigenvalue weighted by atomic mass is 16.4. The second kappa shape index (κ2) is 8.01. The maximum atomic E-state index is 11.7. The maximum Gasteiger partial charge on any atom is 0.303 e. The van der Waals surface area contributed by atoms with Crippen LogP contribution in [0.25, 0.3) is 0 Å². The van der Waals surface area contributed by atoms with Crippen molar-refractivity contribution in [2.24, 2.45) is 5.73 Å². The van der Waals surface area contributed by atoms with E-state index < -0.39 is 17.9 Å². The van der Waals surface area contributed by atoms with E-state index in [2.05, 4.69) is 10.6 Å². The quantitative estimate of drug-likeness (QED) is 0.557. The Morgan fingerprint density at radius 1 is 1.24 bits per heavy atom. The number of nitrogens with two attached hydrogens (primary N) is 1. The predicted octanol–water partition coefficient (Wildman–Crippen LogP) is -0.145. The van der Waals surface area contributed by atoms with Gasteiger partial charge in [0.25, 0.3) is 5.91 Å². The molecule has 114 valence electrons. The van der Waals surface area contributed by atoms with Gasteiger partial charge in [0.2, 0.25) is 5.91 Å². The summed E-state index contributed by atoms with van der Waals surface area (Å²) < 4.78 is 0. The molecule has 7 heteroatoms. The van der Waals surface area contributed by atoms with Gasteiger partial charge in [-0.25, -0.2) is 0 Å². The molecule has 1 unspecified atom stereocenters. The van der Waals surface area contributed by atoms with Gasteiger partial charge in [0.15, 0.2) is 0 Å². The van der Waals surface area contributed by atoms with E-state index in [-0.39, 0.29) is 25.3 Å². The van der Waals surface area contributed by atoms with Crippen LogP contribution in [0.2, 0.25) is 0 Å². The first-order chi connectivity index (χ1) is 9.93. The molecule has 0 saturated heterocycles. The minimum Gasteiger partial charge on any atom is -0.481 e. The number of amides is 2. The Morgan fingerprint density at radius 2 is 1.86 bits per heavy atom. The van der Waals surface area contributed by atoms with Crippen LogP contribution in [0, 0.1) is 0 Å². The minimum absolute atomic E-state index is 0.0940. The fourth-order valence-electron chi connectivity index (χ4n) is 1.65. The Balaban J connectivity index is 2.45. The van der Waals surface area contributed by atoms with Gasteiger partial charge in [0.05, 0.1) is 6.04 Å². The van der Waals surface area contributed by atoms with E-state index in [1.807, 2.05) is 0 Å². The molecular weight excluding hydrogens is 274 g/mol. The van der Waals surface area contributed by atoms with Gasteiger partial charge >= 0.3 is 5.97 Å². The summed E-state index contributed by atoms with van der Waals surface area (Å²) in [5.41, 5.74) is 6.94. The first-order valence-corrected chi connectivity index (χ1v) is 6.50. The van der Waals surface area contributed by atoms with E-state index in [1.165, 1.54) is 0 Å². The topological polar surface area (TPSA) is 122 Å². The van der Waals surface area contributed by atoms with E-state index >= 15 is 0 Å². The Morgan fingerprint density at radius 3 is 2.38 bits per heavy atom. The SMILES string of the molecule is CNC(=O)c1ccc(CNC(=O)C(N)CCC(=O)O)cc1. The molecular formula is C14H19N3O4. The smallest absolute Gasteiger partial charge is 0.303 e. The van der Waals surface area contributed by atoms with Crippen LogP contribution in [0.1, 0.15) is 28.8 Å². The molecule has 0 aliphatic carbocycles. The van der Waals surface area contributed by atoms with Crippen molar-refractivity contribution < 1.29 is 19.5 Å². The molecule has 0 saturated carbocycles. The zero-order valence-corrected chi connectivity index (χ0v) is 11.8. The predicted molar refractivity (Wildman–Crippen MR) is 76.5 cm³/mol. The molecule has 2 amide bonds. The summed E-state index contributed by atoms with van der Waals surface area (Å²) in [7, 11) is 1.55. The molecule has 0 heterocycles. The molecule has 5 N–H and O–H groups in total. The number of hydrogen-bond acceptors (Lipinski definition) is 4. The van der Waals surface area contributed by atoms with Crippen molar-refractivity contribution >= 4 is 17.8 Å². The average Bonchev–Trinajstić information content (AvgIpc) is 2.49. The van der Waals surface area contributed by atoms with Crippen LogP contribution >= 0.6 is 0 Å². The molecule has 1 aromatic carbocycles. The normalized spacial score (nSPS) is 11.5. The van der Waals surface area contributed by atoms with Crippen molar-refractivity contribution in [2.75, 3.05) is 7.05 Å². The molecule has 7 nitrogen and oxygen atoms in total. The van der Waals surface area contributed by atoms with Gasteiger partial charge in [0.1, 0.15) is 0 Å². The lowest BCUT2D eigenvalue weighted by molar-refractivity contribution is -0.137. The van der Waals surface area contributed by atoms with Crippen LogP contribution in [-0.4, -0.2) is 36.0 Å². The zero-order chi connectivity index (χ0) is 15.8. The number of carboxylic acids is 1. The van der Waals surface area contributed by atoms with Gasteiger partial charge < -0.3 is 21.5 Å². The number of rotatable bonds is 7. The molecule has 0 aliphatic rings. The first-order valence-electron chi connectivity index (χ1n) is 6.50. The van der Waals surface area contributed by atoms with Crippen LogP contribution in [0.15, 0.2) is 24.3 Å². The molecule has 1 aromatic rings. The van der Waals surface area contributed by atoms with E-state index in [0.717, 1.165) is 5.56 Å². The number of carboxylic acid groups (broad SMARTS) is 1. The summed E-state index contributed by atoms with van der Waals surface area (Å²) in [5.74, 6) is -1.56. The van der Waals surface area contributed by atoms with Crippen LogP contribution in [0.3, 0.4) is 0 Å². The van der Waals surface area contributed by atoms with Crippen molar-refractivity contribution in [3.63, 3.8) is 0 Å². The molecule has 0 bridgehead atoms. The second-order valence-corrected chi connectivity index (χ2v) is 4.53. The summed E-state index contributed by atoms with van der Waals surface area (Å²) in [6.45, 7) is 0.271. The summed E-state index contributed by atoms with van der Waals surface area (Å²) >= 11 is 0. The largest absolute Gasteiger partial charge is 0.481 e. The number of aliphatic carboxylic acids is 1. The lowest BCUT2D eigenvalue weighted by atomic mass is 10.1. The van der Waals surface area contributed by atoms with E-state index in [0.29, 0.717) is 5.56 Å². The van der Waals surface area contributed by atoms with Crippen molar-refractivity contribution in [1.82, 2.24) is 10.6 Å². The average molecular weight is 293 g/mol. The number of nitrogens with one attached hydrogen (secondary N) is 2.